The van der Waals surface area contributed by atoms with Gasteiger partial charge in [0, 0.05) is 15.9 Å². The minimum atomic E-state index is -1.01. The van der Waals surface area contributed by atoms with E-state index in [1.165, 1.54) is 17.8 Å². The zero-order chi connectivity index (χ0) is 14.4. The van der Waals surface area contributed by atoms with Gasteiger partial charge >= 0.3 is 5.97 Å². The van der Waals surface area contributed by atoms with E-state index in [0.29, 0.717) is 11.4 Å². The molecule has 1 atom stereocenters. The van der Waals surface area contributed by atoms with Crippen LogP contribution in [0.15, 0.2) is 40.2 Å². The lowest BCUT2D eigenvalue weighted by molar-refractivity contribution is -0.120. The molecule has 19 heavy (non-hydrogen) atoms. The van der Waals surface area contributed by atoms with Gasteiger partial charge < -0.3 is 10.4 Å². The largest absolute Gasteiger partial charge is 0.478 e. The molecule has 0 fully saturated rings. The van der Waals surface area contributed by atoms with Gasteiger partial charge in [-0.25, -0.2) is 4.79 Å². The van der Waals surface area contributed by atoms with Crippen molar-refractivity contribution in [3.63, 3.8) is 0 Å². The van der Waals surface area contributed by atoms with Gasteiger partial charge in [-0.05, 0) is 25.1 Å². The van der Waals surface area contributed by atoms with Crippen LogP contribution in [0.3, 0.4) is 0 Å². The van der Waals surface area contributed by atoms with Gasteiger partial charge in [0.15, 0.2) is 0 Å². The molecular weight excluding hydrogens is 330 g/mol. The Labute approximate surface area is 124 Å². The summed E-state index contributed by atoms with van der Waals surface area (Å²) in [6.07, 6.45) is 1.59. The van der Waals surface area contributed by atoms with E-state index in [1.807, 2.05) is 0 Å². The van der Waals surface area contributed by atoms with Crippen molar-refractivity contribution in [2.24, 2.45) is 0 Å². The van der Waals surface area contributed by atoms with E-state index in [-0.39, 0.29) is 16.7 Å². The van der Waals surface area contributed by atoms with Gasteiger partial charge in [0.1, 0.15) is 0 Å². The van der Waals surface area contributed by atoms with Crippen molar-refractivity contribution in [2.75, 3.05) is 6.54 Å². The zero-order valence-corrected chi connectivity index (χ0v) is 12.8. The predicted molar refractivity (Wildman–Crippen MR) is 79.6 cm³/mol. The first-order valence-electron chi connectivity index (χ1n) is 5.53. The molecule has 0 aromatic heterocycles. The standard InChI is InChI=1S/C13H14BrNO3S/c1-3-6-15-12(16)8(2)19-11-7-9(14)4-5-10(11)13(17)18/h3-5,7-8H,1,6H2,2H3,(H,15,16)(H,17,18). The van der Waals surface area contributed by atoms with E-state index >= 15 is 0 Å². The van der Waals surface area contributed by atoms with E-state index < -0.39 is 5.97 Å². The molecule has 0 heterocycles. The molecule has 0 radical (unpaired) electrons. The molecule has 0 spiro atoms. The number of hydrogen-bond acceptors (Lipinski definition) is 3. The number of carbonyl (C=O) groups excluding carboxylic acids is 1. The summed E-state index contributed by atoms with van der Waals surface area (Å²) in [7, 11) is 0. The Morgan fingerprint density at radius 1 is 1.58 bits per heavy atom. The monoisotopic (exact) mass is 343 g/mol. The second-order valence-electron chi connectivity index (χ2n) is 3.74. The van der Waals surface area contributed by atoms with Crippen LogP contribution in [0.2, 0.25) is 0 Å². The number of amides is 1. The number of aromatic carboxylic acids is 1. The van der Waals surface area contributed by atoms with Crippen molar-refractivity contribution in [2.45, 2.75) is 17.1 Å². The fourth-order valence-electron chi connectivity index (χ4n) is 1.33. The van der Waals surface area contributed by atoms with E-state index in [0.717, 1.165) is 4.47 Å². The first-order chi connectivity index (χ1) is 8.95. The molecule has 1 aromatic rings. The van der Waals surface area contributed by atoms with Crippen LogP contribution in [0.25, 0.3) is 0 Å². The quantitative estimate of drug-likeness (QED) is 0.615. The maximum absolute atomic E-state index is 11.7. The molecule has 4 nitrogen and oxygen atoms in total. The molecule has 0 saturated heterocycles. The van der Waals surface area contributed by atoms with Crippen LogP contribution in [0, 0.1) is 0 Å². The molecule has 1 aromatic carbocycles. The maximum atomic E-state index is 11.7. The number of thioether (sulfide) groups is 1. The summed E-state index contributed by atoms with van der Waals surface area (Å²) in [6, 6.07) is 4.88. The third-order valence-electron chi connectivity index (χ3n) is 2.27. The Bertz CT molecular complexity index is 505. The van der Waals surface area contributed by atoms with E-state index in [2.05, 4.69) is 27.8 Å². The lowest BCUT2D eigenvalue weighted by Crippen LogP contribution is -2.30. The van der Waals surface area contributed by atoms with Crippen molar-refractivity contribution in [1.29, 1.82) is 0 Å². The number of nitrogens with one attached hydrogen (secondary N) is 1. The van der Waals surface area contributed by atoms with Crippen molar-refractivity contribution in [1.82, 2.24) is 5.32 Å². The molecule has 0 aliphatic heterocycles. The van der Waals surface area contributed by atoms with Crippen LogP contribution >= 0.6 is 27.7 Å². The minimum Gasteiger partial charge on any atom is -0.478 e. The summed E-state index contributed by atoms with van der Waals surface area (Å²) < 4.78 is 0.777. The maximum Gasteiger partial charge on any atom is 0.336 e. The lowest BCUT2D eigenvalue weighted by atomic mass is 10.2. The topological polar surface area (TPSA) is 66.4 Å². The number of carboxylic acids is 1. The van der Waals surface area contributed by atoms with Crippen LogP contribution in [-0.4, -0.2) is 28.8 Å². The molecule has 6 heteroatoms. The first-order valence-corrected chi connectivity index (χ1v) is 7.21. The highest BCUT2D eigenvalue weighted by Gasteiger charge is 2.18. The van der Waals surface area contributed by atoms with E-state index in [4.69, 9.17) is 5.11 Å². The number of benzene rings is 1. The van der Waals surface area contributed by atoms with Gasteiger partial charge in [-0.15, -0.1) is 18.3 Å². The van der Waals surface area contributed by atoms with Gasteiger partial charge in [-0.1, -0.05) is 22.0 Å². The Balaban J connectivity index is 2.86. The molecule has 1 amide bonds. The van der Waals surface area contributed by atoms with Crippen molar-refractivity contribution in [3.05, 3.63) is 40.9 Å². The predicted octanol–water partition coefficient (Wildman–Crippen LogP) is 2.93. The number of carbonyl (C=O) groups is 2. The second-order valence-corrected chi connectivity index (χ2v) is 6.04. The van der Waals surface area contributed by atoms with E-state index in [1.54, 1.807) is 25.1 Å². The summed E-state index contributed by atoms with van der Waals surface area (Å²) in [4.78, 5) is 23.4. The summed E-state index contributed by atoms with van der Waals surface area (Å²) in [5.74, 6) is -1.16. The van der Waals surface area contributed by atoms with Gasteiger partial charge in [-0.3, -0.25) is 4.79 Å². The molecular formula is C13H14BrNO3S. The van der Waals surface area contributed by atoms with Crippen molar-refractivity contribution in [3.8, 4) is 0 Å². The Hall–Kier alpha value is -1.27. The van der Waals surface area contributed by atoms with Gasteiger partial charge in [0.2, 0.25) is 5.91 Å². The Morgan fingerprint density at radius 3 is 2.84 bits per heavy atom. The second kappa shape index (κ2) is 7.35. The SMILES string of the molecule is C=CCNC(=O)C(C)Sc1cc(Br)ccc1C(=O)O. The zero-order valence-electron chi connectivity index (χ0n) is 10.4. The van der Waals surface area contributed by atoms with Crippen molar-refractivity contribution >= 4 is 39.6 Å². The van der Waals surface area contributed by atoms with Crippen LogP contribution < -0.4 is 5.32 Å². The molecule has 0 aliphatic rings. The third kappa shape index (κ3) is 4.72. The summed E-state index contributed by atoms with van der Waals surface area (Å²) in [6.45, 7) is 5.65. The lowest BCUT2D eigenvalue weighted by Gasteiger charge is -2.13. The molecule has 1 rings (SSSR count). The fourth-order valence-corrected chi connectivity index (χ4v) is 2.89. The van der Waals surface area contributed by atoms with Crippen molar-refractivity contribution < 1.29 is 14.7 Å². The number of hydrogen-bond donors (Lipinski definition) is 2. The minimum absolute atomic E-state index is 0.152. The van der Waals surface area contributed by atoms with Gasteiger partial charge in [0.25, 0.3) is 0 Å². The Morgan fingerprint density at radius 2 is 2.26 bits per heavy atom. The molecule has 0 bridgehead atoms. The fraction of sp³-hybridized carbons (Fsp3) is 0.231. The third-order valence-corrected chi connectivity index (χ3v) is 3.92. The van der Waals surface area contributed by atoms with Gasteiger partial charge in [0.05, 0.1) is 10.8 Å². The highest BCUT2D eigenvalue weighted by molar-refractivity contribution is 9.10. The number of halogens is 1. The number of carboxylic acid groups (broad SMARTS) is 1. The van der Waals surface area contributed by atoms with Crippen LogP contribution in [-0.2, 0) is 4.79 Å². The Kier molecular flexibility index (Phi) is 6.11. The highest BCUT2D eigenvalue weighted by Crippen LogP contribution is 2.29. The molecule has 0 saturated carbocycles. The number of rotatable bonds is 6. The normalized spacial score (nSPS) is 11.7. The average Bonchev–Trinajstić information content (AvgIpc) is 2.35. The van der Waals surface area contributed by atoms with Crippen LogP contribution in [0.1, 0.15) is 17.3 Å². The molecule has 2 N–H and O–H groups in total. The average molecular weight is 344 g/mol. The molecule has 102 valence electrons. The first kappa shape index (κ1) is 15.8. The van der Waals surface area contributed by atoms with Crippen LogP contribution in [0.5, 0.6) is 0 Å². The van der Waals surface area contributed by atoms with E-state index in [9.17, 15) is 9.59 Å². The van der Waals surface area contributed by atoms with Crippen LogP contribution in [0.4, 0.5) is 0 Å². The summed E-state index contributed by atoms with van der Waals surface area (Å²) in [5.41, 5.74) is 0.191. The smallest absolute Gasteiger partial charge is 0.336 e. The molecule has 1 unspecified atom stereocenters. The summed E-state index contributed by atoms with van der Waals surface area (Å²) in [5, 5.41) is 11.4. The summed E-state index contributed by atoms with van der Waals surface area (Å²) >= 11 is 4.51. The molecule has 0 aliphatic carbocycles. The highest BCUT2D eigenvalue weighted by atomic mass is 79.9. The van der Waals surface area contributed by atoms with Gasteiger partial charge in [-0.2, -0.15) is 0 Å².